The molecule has 4 nitrogen and oxygen atoms in total. The van der Waals surface area contributed by atoms with Crippen molar-refractivity contribution in [3.8, 4) is 5.75 Å². The van der Waals surface area contributed by atoms with Gasteiger partial charge in [0, 0.05) is 20.0 Å². The number of hydrogen-bond donors (Lipinski definition) is 1. The Morgan fingerprint density at radius 3 is 2.56 bits per heavy atom. The first-order chi connectivity index (χ1) is 8.56. The lowest BCUT2D eigenvalue weighted by Crippen LogP contribution is -2.23. The van der Waals surface area contributed by atoms with Crippen molar-refractivity contribution in [1.82, 2.24) is 0 Å². The van der Waals surface area contributed by atoms with E-state index in [2.05, 4.69) is 18.7 Å². The summed E-state index contributed by atoms with van der Waals surface area (Å²) >= 11 is 1.43. The molecule has 0 saturated carbocycles. The molecular weight excluding hydrogens is 248 g/mol. The number of methoxy groups -OCH3 is 1. The van der Waals surface area contributed by atoms with Crippen LogP contribution in [-0.4, -0.2) is 26.0 Å². The van der Waals surface area contributed by atoms with E-state index in [1.807, 2.05) is 0 Å². The molecular formula is C13H22N2O2S. The Kier molecular flexibility index (Phi) is 5.47. The van der Waals surface area contributed by atoms with Crippen molar-refractivity contribution >= 4 is 27.8 Å². The summed E-state index contributed by atoms with van der Waals surface area (Å²) in [7, 11) is 1.60. The van der Waals surface area contributed by atoms with Crippen molar-refractivity contribution in [3.05, 3.63) is 4.88 Å². The highest BCUT2D eigenvalue weighted by Gasteiger charge is 2.22. The average Bonchev–Trinajstić information content (AvgIpc) is 2.67. The number of Topliss-reactive ketones (excluding diaryl/α,β-unsaturated/α-hetero) is 1. The summed E-state index contributed by atoms with van der Waals surface area (Å²) in [5, 5.41) is 0.969. The molecule has 0 saturated heterocycles. The van der Waals surface area contributed by atoms with Gasteiger partial charge in [0.2, 0.25) is 0 Å². The molecule has 0 radical (unpaired) electrons. The summed E-state index contributed by atoms with van der Waals surface area (Å²) in [4.78, 5) is 14.3. The van der Waals surface area contributed by atoms with Gasteiger partial charge in [0.05, 0.1) is 17.7 Å². The van der Waals surface area contributed by atoms with Crippen molar-refractivity contribution in [1.29, 1.82) is 0 Å². The van der Waals surface area contributed by atoms with Gasteiger partial charge in [0.25, 0.3) is 0 Å². The highest BCUT2D eigenvalue weighted by atomic mass is 32.1. The summed E-state index contributed by atoms with van der Waals surface area (Å²) in [5.41, 5.74) is 6.45. The lowest BCUT2D eigenvalue weighted by atomic mass is 10.3. The van der Waals surface area contributed by atoms with Crippen LogP contribution in [0.5, 0.6) is 5.75 Å². The van der Waals surface area contributed by atoms with Crippen LogP contribution >= 0.6 is 11.3 Å². The maximum atomic E-state index is 11.5. The number of carbonyl (C=O) groups is 1. The molecule has 1 aromatic heterocycles. The van der Waals surface area contributed by atoms with Crippen LogP contribution in [0.3, 0.4) is 0 Å². The Balaban J connectivity index is 3.12. The molecule has 0 fully saturated rings. The number of nitrogens with zero attached hydrogens (tertiary/aromatic N) is 1. The molecule has 0 aliphatic heterocycles. The van der Waals surface area contributed by atoms with Crippen LogP contribution in [0.15, 0.2) is 0 Å². The molecule has 5 heteroatoms. The Hall–Kier alpha value is -1.23. The molecule has 0 aliphatic rings. The maximum Gasteiger partial charge on any atom is 0.177 e. The summed E-state index contributed by atoms with van der Waals surface area (Å²) in [5.74, 6) is 0.636. The van der Waals surface area contributed by atoms with Gasteiger partial charge in [-0.05, 0) is 13.3 Å². The molecule has 0 unspecified atom stereocenters. The van der Waals surface area contributed by atoms with E-state index in [1.165, 1.54) is 18.3 Å². The molecule has 18 heavy (non-hydrogen) atoms. The van der Waals surface area contributed by atoms with Crippen LogP contribution in [0.1, 0.15) is 43.3 Å². The number of carbonyl (C=O) groups excluding carboxylic acids is 1. The number of rotatable bonds is 7. The third-order valence-corrected chi connectivity index (χ3v) is 4.21. The minimum absolute atomic E-state index is 0.00593. The zero-order valence-electron chi connectivity index (χ0n) is 11.6. The standard InChI is InChI=1S/C13H22N2O2S/c1-5-7-8-15(6-2)13-11(17-4)10(14)12(18-13)9(3)16/h5-8,14H2,1-4H3. The van der Waals surface area contributed by atoms with E-state index < -0.39 is 0 Å². The highest BCUT2D eigenvalue weighted by molar-refractivity contribution is 7.19. The number of nitrogens with two attached hydrogens (primary N) is 1. The van der Waals surface area contributed by atoms with Gasteiger partial charge in [-0.25, -0.2) is 0 Å². The minimum Gasteiger partial charge on any atom is -0.492 e. The zero-order valence-corrected chi connectivity index (χ0v) is 12.4. The number of thiophene rings is 1. The number of nitrogen functional groups attached to an aromatic ring is 1. The minimum atomic E-state index is -0.00593. The first-order valence-electron chi connectivity index (χ1n) is 6.28. The van der Waals surface area contributed by atoms with E-state index >= 15 is 0 Å². The fourth-order valence-electron chi connectivity index (χ4n) is 1.84. The van der Waals surface area contributed by atoms with E-state index in [0.717, 1.165) is 30.9 Å². The molecule has 2 N–H and O–H groups in total. The fraction of sp³-hybridized carbons (Fsp3) is 0.615. The van der Waals surface area contributed by atoms with Gasteiger partial charge in [-0.3, -0.25) is 4.79 Å². The van der Waals surface area contributed by atoms with Crippen LogP contribution in [-0.2, 0) is 0 Å². The van der Waals surface area contributed by atoms with Crippen molar-refractivity contribution in [2.75, 3.05) is 30.8 Å². The quantitative estimate of drug-likeness (QED) is 0.773. The van der Waals surface area contributed by atoms with E-state index in [4.69, 9.17) is 10.5 Å². The van der Waals surface area contributed by atoms with E-state index in [-0.39, 0.29) is 5.78 Å². The Bertz CT molecular complexity index is 415. The summed E-state index contributed by atoms with van der Waals surface area (Å²) in [6, 6.07) is 0. The second-order valence-corrected chi connectivity index (χ2v) is 5.17. The predicted octanol–water partition coefficient (Wildman–Crippen LogP) is 3.17. The number of unbranched alkanes of at least 4 members (excludes halogenated alkanes) is 1. The van der Waals surface area contributed by atoms with E-state index in [9.17, 15) is 4.79 Å². The zero-order chi connectivity index (χ0) is 13.7. The summed E-state index contributed by atoms with van der Waals surface area (Å²) in [6.07, 6.45) is 2.25. The van der Waals surface area contributed by atoms with Crippen LogP contribution in [0, 0.1) is 0 Å². The van der Waals surface area contributed by atoms with Gasteiger partial charge in [0.15, 0.2) is 11.5 Å². The molecule has 0 aromatic carbocycles. The number of hydrogen-bond acceptors (Lipinski definition) is 5. The van der Waals surface area contributed by atoms with E-state index in [0.29, 0.717) is 16.3 Å². The van der Waals surface area contributed by atoms with Gasteiger partial charge in [-0.15, -0.1) is 11.3 Å². The highest BCUT2D eigenvalue weighted by Crippen LogP contribution is 2.44. The topological polar surface area (TPSA) is 55.6 Å². The Labute approximate surface area is 113 Å². The van der Waals surface area contributed by atoms with E-state index in [1.54, 1.807) is 7.11 Å². The van der Waals surface area contributed by atoms with Gasteiger partial charge >= 0.3 is 0 Å². The molecule has 1 aromatic rings. The van der Waals surface area contributed by atoms with Crippen LogP contribution in [0.4, 0.5) is 10.7 Å². The van der Waals surface area contributed by atoms with Gasteiger partial charge in [-0.2, -0.15) is 0 Å². The SMILES string of the molecule is CCCCN(CC)c1sc(C(C)=O)c(N)c1OC. The largest absolute Gasteiger partial charge is 0.492 e. The van der Waals surface area contributed by atoms with Crippen LogP contribution in [0.25, 0.3) is 0 Å². The van der Waals surface area contributed by atoms with Gasteiger partial charge < -0.3 is 15.4 Å². The monoisotopic (exact) mass is 270 g/mol. The molecule has 0 aliphatic carbocycles. The van der Waals surface area contributed by atoms with Crippen molar-refractivity contribution in [2.45, 2.75) is 33.6 Å². The average molecular weight is 270 g/mol. The molecule has 1 heterocycles. The third kappa shape index (κ3) is 2.96. The number of ketones is 1. The molecule has 102 valence electrons. The van der Waals surface area contributed by atoms with Crippen molar-refractivity contribution in [3.63, 3.8) is 0 Å². The normalized spacial score (nSPS) is 10.4. The van der Waals surface area contributed by atoms with Crippen molar-refractivity contribution in [2.24, 2.45) is 0 Å². The second kappa shape index (κ2) is 6.64. The van der Waals surface area contributed by atoms with Gasteiger partial charge in [-0.1, -0.05) is 13.3 Å². The summed E-state index contributed by atoms with van der Waals surface area (Å²) < 4.78 is 5.36. The lowest BCUT2D eigenvalue weighted by molar-refractivity contribution is 0.102. The first kappa shape index (κ1) is 14.8. The molecule has 0 bridgehead atoms. The molecule has 0 spiro atoms. The van der Waals surface area contributed by atoms with Crippen LogP contribution < -0.4 is 15.4 Å². The Morgan fingerprint density at radius 1 is 1.44 bits per heavy atom. The Morgan fingerprint density at radius 2 is 2.11 bits per heavy atom. The number of ether oxygens (including phenoxy) is 1. The predicted molar refractivity (Wildman–Crippen MR) is 78.1 cm³/mol. The fourth-order valence-corrected chi connectivity index (χ4v) is 3.01. The van der Waals surface area contributed by atoms with Crippen molar-refractivity contribution < 1.29 is 9.53 Å². The number of anilines is 2. The second-order valence-electron chi connectivity index (χ2n) is 4.17. The summed E-state index contributed by atoms with van der Waals surface area (Å²) in [6.45, 7) is 7.63. The van der Waals surface area contributed by atoms with Crippen LogP contribution in [0.2, 0.25) is 0 Å². The lowest BCUT2D eigenvalue weighted by Gasteiger charge is -2.22. The first-order valence-corrected chi connectivity index (χ1v) is 7.10. The van der Waals surface area contributed by atoms with Gasteiger partial charge in [0.1, 0.15) is 5.00 Å². The smallest absolute Gasteiger partial charge is 0.177 e. The molecule has 1 rings (SSSR count). The molecule has 0 atom stereocenters. The third-order valence-electron chi connectivity index (χ3n) is 2.86. The maximum absolute atomic E-state index is 11.5. The molecule has 0 amide bonds.